The van der Waals surface area contributed by atoms with E-state index in [1.807, 2.05) is 12.3 Å². The number of nitrogens with zero attached hydrogens (tertiary/aromatic N) is 1. The Morgan fingerprint density at radius 1 is 0.750 bits per heavy atom. The molecule has 0 saturated heterocycles. The summed E-state index contributed by atoms with van der Waals surface area (Å²) >= 11 is 0. The molecule has 0 unspecified atom stereocenters. The van der Waals surface area contributed by atoms with Crippen LogP contribution in [0.1, 0.15) is 29.4 Å². The van der Waals surface area contributed by atoms with Gasteiger partial charge in [0.25, 0.3) is 0 Å². The number of benzene rings is 3. The standard InChI is InChI=1S/C25H25N3/c1-4-10-20(11-5-1)16-17-23(26-18-21-12-6-2-7-13-21)25-27-19-24(28-25)22-14-8-3-9-15-22/h1-15,19,23,26H,16-18H2,(H,27,28)/t23-/m1/s1. The van der Waals surface area contributed by atoms with Crippen LogP contribution in [0.3, 0.4) is 0 Å². The van der Waals surface area contributed by atoms with Crippen molar-refractivity contribution in [3.8, 4) is 11.3 Å². The van der Waals surface area contributed by atoms with Gasteiger partial charge in [-0.15, -0.1) is 0 Å². The summed E-state index contributed by atoms with van der Waals surface area (Å²) < 4.78 is 0. The van der Waals surface area contributed by atoms with Crippen molar-refractivity contribution in [1.29, 1.82) is 0 Å². The van der Waals surface area contributed by atoms with Gasteiger partial charge >= 0.3 is 0 Å². The van der Waals surface area contributed by atoms with Gasteiger partial charge in [0.1, 0.15) is 5.82 Å². The van der Waals surface area contributed by atoms with Crippen LogP contribution in [0, 0.1) is 0 Å². The largest absolute Gasteiger partial charge is 0.341 e. The molecule has 4 aromatic rings. The monoisotopic (exact) mass is 367 g/mol. The molecule has 28 heavy (non-hydrogen) atoms. The maximum atomic E-state index is 4.70. The van der Waals surface area contributed by atoms with Crippen LogP contribution < -0.4 is 5.32 Å². The van der Waals surface area contributed by atoms with Gasteiger partial charge in [-0.05, 0) is 29.5 Å². The second kappa shape index (κ2) is 9.16. The zero-order valence-electron chi connectivity index (χ0n) is 15.9. The lowest BCUT2D eigenvalue weighted by molar-refractivity contribution is 0.479. The predicted octanol–water partition coefficient (Wildman–Crippen LogP) is 5.54. The summed E-state index contributed by atoms with van der Waals surface area (Å²) in [5.74, 6) is 0.991. The van der Waals surface area contributed by atoms with Crippen LogP contribution in [-0.2, 0) is 13.0 Å². The molecule has 1 aromatic heterocycles. The predicted molar refractivity (Wildman–Crippen MR) is 115 cm³/mol. The van der Waals surface area contributed by atoms with Gasteiger partial charge < -0.3 is 10.3 Å². The van der Waals surface area contributed by atoms with Gasteiger partial charge in [0.15, 0.2) is 0 Å². The molecule has 2 N–H and O–H groups in total. The van der Waals surface area contributed by atoms with Crippen molar-refractivity contribution in [3.05, 3.63) is 114 Å². The van der Waals surface area contributed by atoms with Crippen molar-refractivity contribution < 1.29 is 0 Å². The zero-order valence-corrected chi connectivity index (χ0v) is 15.9. The molecule has 0 radical (unpaired) electrons. The summed E-state index contributed by atoms with van der Waals surface area (Å²) in [6.45, 7) is 0.821. The summed E-state index contributed by atoms with van der Waals surface area (Å²) in [7, 11) is 0. The average Bonchev–Trinajstić information content (AvgIpc) is 3.26. The second-order valence-electron chi connectivity index (χ2n) is 6.99. The smallest absolute Gasteiger partial charge is 0.123 e. The van der Waals surface area contributed by atoms with E-state index in [1.54, 1.807) is 0 Å². The average molecular weight is 367 g/mol. The molecule has 0 aliphatic rings. The van der Waals surface area contributed by atoms with E-state index in [-0.39, 0.29) is 6.04 Å². The van der Waals surface area contributed by atoms with Gasteiger partial charge in [-0.3, -0.25) is 0 Å². The quantitative estimate of drug-likeness (QED) is 0.429. The van der Waals surface area contributed by atoms with Gasteiger partial charge in [0.2, 0.25) is 0 Å². The Labute approximate surface area is 166 Å². The highest BCUT2D eigenvalue weighted by Crippen LogP contribution is 2.22. The van der Waals surface area contributed by atoms with Gasteiger partial charge in [-0.2, -0.15) is 0 Å². The van der Waals surface area contributed by atoms with Crippen molar-refractivity contribution in [1.82, 2.24) is 15.3 Å². The van der Waals surface area contributed by atoms with Crippen LogP contribution in [-0.4, -0.2) is 9.97 Å². The fourth-order valence-corrected chi connectivity index (χ4v) is 3.41. The molecule has 0 fully saturated rings. The van der Waals surface area contributed by atoms with E-state index in [0.717, 1.165) is 36.5 Å². The first-order valence-corrected chi connectivity index (χ1v) is 9.80. The fourth-order valence-electron chi connectivity index (χ4n) is 3.41. The van der Waals surface area contributed by atoms with Gasteiger partial charge in [0.05, 0.1) is 17.9 Å². The summed E-state index contributed by atoms with van der Waals surface area (Å²) in [5, 5.41) is 3.69. The van der Waals surface area contributed by atoms with Gasteiger partial charge in [0, 0.05) is 6.54 Å². The molecular weight excluding hydrogens is 342 g/mol. The first kappa shape index (κ1) is 18.2. The molecule has 0 aliphatic heterocycles. The van der Waals surface area contributed by atoms with Crippen LogP contribution in [0.5, 0.6) is 0 Å². The number of hydrogen-bond donors (Lipinski definition) is 2. The van der Waals surface area contributed by atoms with Crippen molar-refractivity contribution in [2.24, 2.45) is 0 Å². The van der Waals surface area contributed by atoms with Crippen LogP contribution >= 0.6 is 0 Å². The molecular formula is C25H25N3. The van der Waals surface area contributed by atoms with Crippen molar-refractivity contribution in [2.45, 2.75) is 25.4 Å². The van der Waals surface area contributed by atoms with E-state index < -0.39 is 0 Å². The van der Waals surface area contributed by atoms with Gasteiger partial charge in [-0.25, -0.2) is 4.98 Å². The number of rotatable bonds is 8. The zero-order chi connectivity index (χ0) is 19.0. The lowest BCUT2D eigenvalue weighted by Crippen LogP contribution is -2.22. The normalized spacial score (nSPS) is 12.0. The van der Waals surface area contributed by atoms with Crippen molar-refractivity contribution >= 4 is 0 Å². The van der Waals surface area contributed by atoms with E-state index >= 15 is 0 Å². The molecule has 0 saturated carbocycles. The first-order valence-electron chi connectivity index (χ1n) is 9.80. The molecule has 0 spiro atoms. The fraction of sp³-hybridized carbons (Fsp3) is 0.160. The highest BCUT2D eigenvalue weighted by atomic mass is 15.0. The molecule has 0 amide bonds. The Balaban J connectivity index is 1.51. The summed E-state index contributed by atoms with van der Waals surface area (Å²) in [6.07, 6.45) is 3.93. The van der Waals surface area contributed by atoms with E-state index in [9.17, 15) is 0 Å². The molecule has 3 nitrogen and oxygen atoms in total. The summed E-state index contributed by atoms with van der Waals surface area (Å²) in [6, 6.07) is 31.7. The molecule has 4 rings (SSSR count). The van der Waals surface area contributed by atoms with E-state index in [4.69, 9.17) is 4.98 Å². The third-order valence-electron chi connectivity index (χ3n) is 4.97. The highest BCUT2D eigenvalue weighted by Gasteiger charge is 2.15. The van der Waals surface area contributed by atoms with E-state index in [0.29, 0.717) is 0 Å². The summed E-state index contributed by atoms with van der Waals surface area (Å²) in [5.41, 5.74) is 4.85. The molecule has 1 atom stereocenters. The SMILES string of the molecule is c1ccc(CC[C@@H](NCc2ccccc2)c2ncc(-c3ccccc3)[nH]2)cc1. The number of aromatic amines is 1. The Morgan fingerprint density at radius 2 is 1.36 bits per heavy atom. The number of H-pyrrole nitrogens is 1. The van der Waals surface area contributed by atoms with E-state index in [1.165, 1.54) is 11.1 Å². The molecule has 0 bridgehead atoms. The topological polar surface area (TPSA) is 40.7 Å². The molecule has 3 aromatic carbocycles. The summed E-state index contributed by atoms with van der Waals surface area (Å²) in [4.78, 5) is 8.23. The van der Waals surface area contributed by atoms with Crippen molar-refractivity contribution in [3.63, 3.8) is 0 Å². The minimum Gasteiger partial charge on any atom is -0.341 e. The molecule has 3 heteroatoms. The molecule has 140 valence electrons. The van der Waals surface area contributed by atoms with Crippen LogP contribution in [0.4, 0.5) is 0 Å². The van der Waals surface area contributed by atoms with Crippen LogP contribution in [0.15, 0.2) is 97.2 Å². The minimum atomic E-state index is 0.165. The molecule has 1 heterocycles. The van der Waals surface area contributed by atoms with Crippen molar-refractivity contribution in [2.75, 3.05) is 0 Å². The first-order chi connectivity index (χ1) is 13.9. The number of aryl methyl sites for hydroxylation is 1. The third kappa shape index (κ3) is 4.76. The molecule has 0 aliphatic carbocycles. The van der Waals surface area contributed by atoms with E-state index in [2.05, 4.69) is 95.2 Å². The number of nitrogens with one attached hydrogen (secondary N) is 2. The maximum Gasteiger partial charge on any atom is 0.123 e. The Kier molecular flexibility index (Phi) is 5.95. The lowest BCUT2D eigenvalue weighted by Gasteiger charge is -2.17. The number of imidazole rings is 1. The Bertz CT molecular complexity index is 919. The number of aromatic nitrogens is 2. The lowest BCUT2D eigenvalue weighted by atomic mass is 10.0. The Morgan fingerprint density at radius 3 is 2.04 bits per heavy atom. The highest BCUT2D eigenvalue weighted by molar-refractivity contribution is 5.58. The Hall–Kier alpha value is -3.17. The second-order valence-corrected chi connectivity index (χ2v) is 6.99. The van der Waals surface area contributed by atoms with Crippen LogP contribution in [0.25, 0.3) is 11.3 Å². The third-order valence-corrected chi connectivity index (χ3v) is 4.97. The number of hydrogen-bond acceptors (Lipinski definition) is 2. The maximum absolute atomic E-state index is 4.70. The minimum absolute atomic E-state index is 0.165. The van der Waals surface area contributed by atoms with Crippen LogP contribution in [0.2, 0.25) is 0 Å². The van der Waals surface area contributed by atoms with Gasteiger partial charge in [-0.1, -0.05) is 91.0 Å².